The summed E-state index contributed by atoms with van der Waals surface area (Å²) in [6, 6.07) is 29.2. The zero-order valence-electron chi connectivity index (χ0n) is 11.9. The van der Waals surface area contributed by atoms with Gasteiger partial charge in [-0.2, -0.15) is 0 Å². The fourth-order valence-corrected chi connectivity index (χ4v) is 4.22. The normalized spacial score (nSPS) is 11.9. The van der Waals surface area contributed by atoms with E-state index < -0.39 is 0 Å². The summed E-state index contributed by atoms with van der Waals surface area (Å²) >= 11 is -0.0808. The molecule has 0 amide bonds. The van der Waals surface area contributed by atoms with Crippen LogP contribution in [0.2, 0.25) is 0 Å². The molecule has 2 heteroatoms. The predicted octanol–water partition coefficient (Wildman–Crippen LogP) is 4.51. The molecule has 0 spiro atoms. The first-order valence-electron chi connectivity index (χ1n) is 7.08. The molecular formula is C20H15FSe. The van der Waals surface area contributed by atoms with Gasteiger partial charge in [0, 0.05) is 0 Å². The van der Waals surface area contributed by atoms with Gasteiger partial charge in [0.2, 0.25) is 0 Å². The Bertz CT molecular complexity index is 749. The average molecular weight is 353 g/mol. The zero-order chi connectivity index (χ0) is 15.2. The Labute approximate surface area is 136 Å². The van der Waals surface area contributed by atoms with Gasteiger partial charge in [0.15, 0.2) is 0 Å². The predicted molar refractivity (Wildman–Crippen MR) is 92.6 cm³/mol. The summed E-state index contributed by atoms with van der Waals surface area (Å²) in [5.74, 6) is -0.129. The minimum atomic E-state index is -0.129. The van der Waals surface area contributed by atoms with Crippen LogP contribution in [0.15, 0.2) is 91.0 Å². The van der Waals surface area contributed by atoms with Gasteiger partial charge in [0.1, 0.15) is 0 Å². The van der Waals surface area contributed by atoms with Crippen LogP contribution in [0.1, 0.15) is 11.1 Å². The number of rotatable bonds is 4. The molecule has 0 unspecified atom stereocenters. The maximum absolute atomic E-state index is 15.1. The molecule has 0 radical (unpaired) electrons. The summed E-state index contributed by atoms with van der Waals surface area (Å²) in [4.78, 5) is 0. The van der Waals surface area contributed by atoms with Crippen LogP contribution in [-0.2, 0) is 0 Å². The van der Waals surface area contributed by atoms with E-state index in [1.54, 1.807) is 0 Å². The molecule has 0 saturated heterocycles. The Morgan fingerprint density at radius 2 is 1.05 bits per heavy atom. The summed E-state index contributed by atoms with van der Waals surface area (Å²) in [5.41, 5.74) is 1.59. The van der Waals surface area contributed by atoms with Crippen LogP contribution in [0.5, 0.6) is 0 Å². The van der Waals surface area contributed by atoms with Crippen molar-refractivity contribution in [3.8, 4) is 0 Å². The Morgan fingerprint density at radius 3 is 1.59 bits per heavy atom. The first-order chi connectivity index (χ1) is 10.8. The number of benzene rings is 3. The van der Waals surface area contributed by atoms with Gasteiger partial charge in [-0.05, 0) is 0 Å². The molecule has 3 aromatic carbocycles. The van der Waals surface area contributed by atoms with E-state index in [1.165, 1.54) is 4.46 Å². The Hall–Kier alpha value is -2.15. The molecule has 0 heterocycles. The molecule has 108 valence electrons. The molecule has 0 N–H and O–H groups in total. The Kier molecular flexibility index (Phi) is 4.85. The van der Waals surface area contributed by atoms with Gasteiger partial charge in [-0.15, -0.1) is 0 Å². The fourth-order valence-electron chi connectivity index (χ4n) is 2.14. The SMILES string of the molecule is F/C(=C(/[Se]c1ccccc1)c1ccccc1)c1ccccc1. The van der Waals surface area contributed by atoms with Crippen molar-refractivity contribution in [1.82, 2.24) is 0 Å². The molecule has 0 bridgehead atoms. The summed E-state index contributed by atoms with van der Waals surface area (Å²) < 4.78 is 17.0. The van der Waals surface area contributed by atoms with Crippen molar-refractivity contribution in [3.05, 3.63) is 102 Å². The van der Waals surface area contributed by atoms with Crippen LogP contribution in [0, 0.1) is 0 Å². The summed E-state index contributed by atoms with van der Waals surface area (Å²) in [6.07, 6.45) is 0. The van der Waals surface area contributed by atoms with Crippen LogP contribution in [0.3, 0.4) is 0 Å². The Morgan fingerprint density at radius 1 is 0.591 bits per heavy atom. The second-order valence-electron chi connectivity index (χ2n) is 4.79. The van der Waals surface area contributed by atoms with Gasteiger partial charge in [0.05, 0.1) is 0 Å². The van der Waals surface area contributed by atoms with Gasteiger partial charge >= 0.3 is 136 Å². The van der Waals surface area contributed by atoms with Crippen molar-refractivity contribution < 1.29 is 4.39 Å². The third-order valence-electron chi connectivity index (χ3n) is 3.23. The maximum atomic E-state index is 15.1. The second-order valence-corrected chi connectivity index (χ2v) is 7.06. The monoisotopic (exact) mass is 354 g/mol. The van der Waals surface area contributed by atoms with Crippen LogP contribution >= 0.6 is 0 Å². The minimum absolute atomic E-state index is 0.0808. The van der Waals surface area contributed by atoms with E-state index >= 15 is 4.39 Å². The van der Waals surface area contributed by atoms with Crippen molar-refractivity contribution in [1.29, 1.82) is 0 Å². The number of hydrogen-bond donors (Lipinski definition) is 0. The van der Waals surface area contributed by atoms with Crippen LogP contribution in [-0.4, -0.2) is 15.0 Å². The average Bonchev–Trinajstić information content (AvgIpc) is 2.61. The van der Waals surface area contributed by atoms with Crippen molar-refractivity contribution in [3.63, 3.8) is 0 Å². The molecule has 0 aliphatic carbocycles. The topological polar surface area (TPSA) is 0 Å². The summed E-state index contributed by atoms with van der Waals surface area (Å²) in [7, 11) is 0. The van der Waals surface area contributed by atoms with Crippen molar-refractivity contribution in [2.75, 3.05) is 0 Å². The molecule has 0 aromatic heterocycles. The van der Waals surface area contributed by atoms with Gasteiger partial charge in [-0.1, -0.05) is 0 Å². The van der Waals surface area contributed by atoms with E-state index in [2.05, 4.69) is 12.1 Å². The number of hydrogen-bond acceptors (Lipinski definition) is 0. The van der Waals surface area contributed by atoms with E-state index in [0.29, 0.717) is 5.56 Å². The van der Waals surface area contributed by atoms with Crippen LogP contribution < -0.4 is 4.46 Å². The van der Waals surface area contributed by atoms with Gasteiger partial charge in [-0.25, -0.2) is 0 Å². The Balaban J connectivity index is 2.07. The molecule has 3 aromatic rings. The third-order valence-corrected chi connectivity index (χ3v) is 5.59. The van der Waals surface area contributed by atoms with Crippen molar-refractivity contribution in [2.24, 2.45) is 0 Å². The molecule has 0 aliphatic rings. The van der Waals surface area contributed by atoms with Crippen molar-refractivity contribution in [2.45, 2.75) is 0 Å². The zero-order valence-corrected chi connectivity index (χ0v) is 13.7. The van der Waals surface area contributed by atoms with Crippen LogP contribution in [0.25, 0.3) is 10.3 Å². The molecule has 22 heavy (non-hydrogen) atoms. The first-order valence-corrected chi connectivity index (χ1v) is 8.79. The van der Waals surface area contributed by atoms with E-state index in [4.69, 9.17) is 0 Å². The van der Waals surface area contributed by atoms with E-state index in [1.807, 2.05) is 78.9 Å². The molecule has 0 nitrogen and oxygen atoms in total. The molecule has 0 aliphatic heterocycles. The van der Waals surface area contributed by atoms with Gasteiger partial charge < -0.3 is 0 Å². The summed E-state index contributed by atoms with van der Waals surface area (Å²) in [6.45, 7) is 0. The van der Waals surface area contributed by atoms with E-state index in [-0.39, 0.29) is 20.8 Å². The second kappa shape index (κ2) is 7.22. The van der Waals surface area contributed by atoms with Gasteiger partial charge in [-0.3, -0.25) is 0 Å². The standard InChI is InChI=1S/C20H15FSe/c21-19(16-10-4-1-5-11-16)20(17-12-6-2-7-13-17)22-18-14-8-3-9-15-18/h1-15H/b20-19+. The molecular weight excluding hydrogens is 338 g/mol. The van der Waals surface area contributed by atoms with Crippen molar-refractivity contribution >= 4 is 29.7 Å². The fraction of sp³-hybridized carbons (Fsp3) is 0. The van der Waals surface area contributed by atoms with E-state index in [9.17, 15) is 0 Å². The van der Waals surface area contributed by atoms with Crippen LogP contribution in [0.4, 0.5) is 4.39 Å². The first kappa shape index (κ1) is 14.8. The molecule has 0 atom stereocenters. The molecule has 0 saturated carbocycles. The van der Waals surface area contributed by atoms with Gasteiger partial charge in [0.25, 0.3) is 0 Å². The third kappa shape index (κ3) is 3.54. The quantitative estimate of drug-likeness (QED) is 0.478. The molecule has 3 rings (SSSR count). The number of halogens is 1. The van der Waals surface area contributed by atoms with E-state index in [0.717, 1.165) is 10.0 Å². The molecule has 0 fully saturated rings. The summed E-state index contributed by atoms with van der Waals surface area (Å²) in [5, 5.41) is 0.